The van der Waals surface area contributed by atoms with E-state index in [9.17, 15) is 0 Å². The van der Waals surface area contributed by atoms with E-state index < -0.39 is 0 Å². The Morgan fingerprint density at radius 1 is 0.786 bits per heavy atom. The first-order valence-electron chi connectivity index (χ1n) is 5.70. The third-order valence-corrected chi connectivity index (χ3v) is 2.14. The minimum atomic E-state index is 0. The fraction of sp³-hybridized carbons (Fsp3) is 1.00. The Morgan fingerprint density at radius 3 is 1.43 bits per heavy atom. The molecule has 0 N–H and O–H groups in total. The van der Waals surface area contributed by atoms with Crippen LogP contribution in [-0.4, -0.2) is 13.2 Å². The lowest BCUT2D eigenvalue weighted by Gasteiger charge is -2.07. The fourth-order valence-electron chi connectivity index (χ4n) is 1.29. The molecule has 0 aliphatic rings. The lowest BCUT2D eigenvalue weighted by atomic mass is 10.1. The molecule has 0 aliphatic carbocycles. The average Bonchev–Trinajstić information content (AvgIpc) is 2.01. The molecule has 0 bridgehead atoms. The summed E-state index contributed by atoms with van der Waals surface area (Å²) in [5.74, 6) is 1.64. The molecule has 0 amide bonds. The van der Waals surface area contributed by atoms with Crippen molar-refractivity contribution in [3.05, 3.63) is 0 Å². The summed E-state index contributed by atoms with van der Waals surface area (Å²) in [6, 6.07) is 0. The maximum Gasteiger partial charge on any atom is 0.0466 e. The SMILES string of the molecule is C.CC(C)CCCOCCCC(C)C. The predicted octanol–water partition coefficient (Wildman–Crippen LogP) is 4.51. The van der Waals surface area contributed by atoms with Gasteiger partial charge in [-0.25, -0.2) is 0 Å². The summed E-state index contributed by atoms with van der Waals surface area (Å²) in [5.41, 5.74) is 0. The van der Waals surface area contributed by atoms with Crippen molar-refractivity contribution in [3.63, 3.8) is 0 Å². The standard InChI is InChI=1S/C12H26O.CH4/c1-11(2)7-5-9-13-10-6-8-12(3)4;/h11-12H,5-10H2,1-4H3;1H4. The molecule has 0 aromatic rings. The predicted molar refractivity (Wildman–Crippen MR) is 65.7 cm³/mol. The molecule has 0 radical (unpaired) electrons. The van der Waals surface area contributed by atoms with Crippen molar-refractivity contribution in [2.75, 3.05) is 13.2 Å². The largest absolute Gasteiger partial charge is 0.381 e. The molecule has 0 aromatic carbocycles. The van der Waals surface area contributed by atoms with Crippen LogP contribution in [0.15, 0.2) is 0 Å². The molecule has 0 rings (SSSR count). The van der Waals surface area contributed by atoms with E-state index in [-0.39, 0.29) is 7.43 Å². The van der Waals surface area contributed by atoms with Crippen LogP contribution in [0.3, 0.4) is 0 Å². The van der Waals surface area contributed by atoms with E-state index in [1.165, 1.54) is 25.7 Å². The van der Waals surface area contributed by atoms with Crippen molar-refractivity contribution >= 4 is 0 Å². The Kier molecular flexibility index (Phi) is 12.9. The highest BCUT2D eigenvalue weighted by Gasteiger charge is 1.95. The van der Waals surface area contributed by atoms with Crippen LogP contribution in [0.5, 0.6) is 0 Å². The second-order valence-corrected chi connectivity index (χ2v) is 4.68. The summed E-state index contributed by atoms with van der Waals surface area (Å²) >= 11 is 0. The van der Waals surface area contributed by atoms with Gasteiger partial charge in [-0.2, -0.15) is 0 Å². The zero-order chi connectivity index (χ0) is 10.1. The van der Waals surface area contributed by atoms with Crippen LogP contribution in [0.25, 0.3) is 0 Å². The first kappa shape index (κ1) is 16.4. The van der Waals surface area contributed by atoms with Gasteiger partial charge < -0.3 is 4.74 Å². The molecule has 0 aromatic heterocycles. The molecular formula is C13H30O. The van der Waals surface area contributed by atoms with Crippen molar-refractivity contribution in [2.24, 2.45) is 11.8 Å². The smallest absolute Gasteiger partial charge is 0.0466 e. The molecule has 1 nitrogen and oxygen atoms in total. The Balaban J connectivity index is 0. The van der Waals surface area contributed by atoms with Crippen LogP contribution in [-0.2, 0) is 4.74 Å². The van der Waals surface area contributed by atoms with Crippen molar-refractivity contribution in [3.8, 4) is 0 Å². The van der Waals surface area contributed by atoms with Gasteiger partial charge in [0.05, 0.1) is 0 Å². The third kappa shape index (κ3) is 14.5. The summed E-state index contributed by atoms with van der Waals surface area (Å²) in [6.07, 6.45) is 5.03. The van der Waals surface area contributed by atoms with Crippen LogP contribution in [0, 0.1) is 11.8 Å². The molecule has 0 aliphatic heterocycles. The topological polar surface area (TPSA) is 9.23 Å². The monoisotopic (exact) mass is 202 g/mol. The number of hydrogen-bond acceptors (Lipinski definition) is 1. The first-order valence-corrected chi connectivity index (χ1v) is 5.70. The Hall–Kier alpha value is -0.0400. The zero-order valence-corrected chi connectivity index (χ0v) is 9.81. The van der Waals surface area contributed by atoms with Crippen molar-refractivity contribution < 1.29 is 4.74 Å². The fourth-order valence-corrected chi connectivity index (χ4v) is 1.29. The molecule has 0 fully saturated rings. The van der Waals surface area contributed by atoms with E-state index in [2.05, 4.69) is 27.7 Å². The summed E-state index contributed by atoms with van der Waals surface area (Å²) in [7, 11) is 0. The van der Waals surface area contributed by atoms with E-state index in [1.807, 2.05) is 0 Å². The van der Waals surface area contributed by atoms with Crippen LogP contribution < -0.4 is 0 Å². The van der Waals surface area contributed by atoms with Gasteiger partial charge in [0.1, 0.15) is 0 Å². The summed E-state index contributed by atoms with van der Waals surface area (Å²) < 4.78 is 5.53. The highest BCUT2D eigenvalue weighted by atomic mass is 16.5. The quantitative estimate of drug-likeness (QED) is 0.526. The number of ether oxygens (including phenoxy) is 1. The third-order valence-electron chi connectivity index (χ3n) is 2.14. The second-order valence-electron chi connectivity index (χ2n) is 4.68. The van der Waals surface area contributed by atoms with Crippen LogP contribution in [0.2, 0.25) is 0 Å². The normalized spacial score (nSPS) is 10.7. The molecule has 0 unspecified atom stereocenters. The van der Waals surface area contributed by atoms with Gasteiger partial charge in [-0.1, -0.05) is 35.1 Å². The second kappa shape index (κ2) is 11.0. The Morgan fingerprint density at radius 2 is 1.14 bits per heavy atom. The molecule has 0 heterocycles. The zero-order valence-electron chi connectivity index (χ0n) is 9.81. The van der Waals surface area contributed by atoms with Crippen molar-refractivity contribution in [1.29, 1.82) is 0 Å². The van der Waals surface area contributed by atoms with Crippen LogP contribution in [0.4, 0.5) is 0 Å². The molecular weight excluding hydrogens is 172 g/mol. The van der Waals surface area contributed by atoms with Gasteiger partial charge in [0.2, 0.25) is 0 Å². The molecule has 1 heteroatoms. The van der Waals surface area contributed by atoms with Crippen molar-refractivity contribution in [1.82, 2.24) is 0 Å². The molecule has 0 saturated carbocycles. The molecule has 0 atom stereocenters. The average molecular weight is 202 g/mol. The van der Waals surface area contributed by atoms with E-state index in [1.54, 1.807) is 0 Å². The Labute approximate surface area is 91.2 Å². The van der Waals surface area contributed by atoms with Crippen molar-refractivity contribution in [2.45, 2.75) is 60.8 Å². The maximum atomic E-state index is 5.53. The van der Waals surface area contributed by atoms with Gasteiger partial charge in [0.15, 0.2) is 0 Å². The first-order chi connectivity index (χ1) is 6.13. The van der Waals surface area contributed by atoms with E-state index in [4.69, 9.17) is 4.74 Å². The van der Waals surface area contributed by atoms with Crippen LogP contribution >= 0.6 is 0 Å². The molecule has 0 saturated heterocycles. The summed E-state index contributed by atoms with van der Waals surface area (Å²) in [6.45, 7) is 11.0. The summed E-state index contributed by atoms with van der Waals surface area (Å²) in [4.78, 5) is 0. The van der Waals surface area contributed by atoms with Gasteiger partial charge in [-0.3, -0.25) is 0 Å². The molecule has 14 heavy (non-hydrogen) atoms. The van der Waals surface area contributed by atoms with E-state index in [0.29, 0.717) is 0 Å². The highest BCUT2D eigenvalue weighted by Crippen LogP contribution is 2.05. The van der Waals surface area contributed by atoms with Gasteiger partial charge in [0.25, 0.3) is 0 Å². The number of hydrogen-bond donors (Lipinski definition) is 0. The van der Waals surface area contributed by atoms with Gasteiger partial charge >= 0.3 is 0 Å². The minimum Gasteiger partial charge on any atom is -0.381 e. The molecule has 88 valence electrons. The van der Waals surface area contributed by atoms with E-state index in [0.717, 1.165) is 25.0 Å². The summed E-state index contributed by atoms with van der Waals surface area (Å²) in [5, 5.41) is 0. The highest BCUT2D eigenvalue weighted by molar-refractivity contribution is 4.46. The Bertz CT molecular complexity index is 85.4. The maximum absolute atomic E-state index is 5.53. The van der Waals surface area contributed by atoms with E-state index >= 15 is 0 Å². The van der Waals surface area contributed by atoms with Crippen LogP contribution in [0.1, 0.15) is 60.8 Å². The number of rotatable bonds is 8. The van der Waals surface area contributed by atoms with Gasteiger partial charge in [0, 0.05) is 13.2 Å². The molecule has 0 spiro atoms. The minimum absolute atomic E-state index is 0. The van der Waals surface area contributed by atoms with Gasteiger partial charge in [-0.15, -0.1) is 0 Å². The lowest BCUT2D eigenvalue weighted by molar-refractivity contribution is 0.122. The van der Waals surface area contributed by atoms with Gasteiger partial charge in [-0.05, 0) is 37.5 Å². The lowest BCUT2D eigenvalue weighted by Crippen LogP contribution is -2.00.